The van der Waals surface area contributed by atoms with Gasteiger partial charge in [-0.3, -0.25) is 9.59 Å². The number of hydrogen-bond donors (Lipinski definition) is 0. The van der Waals surface area contributed by atoms with Crippen LogP contribution in [0.5, 0.6) is 0 Å². The normalized spacial score (nSPS) is 10.5. The van der Waals surface area contributed by atoms with E-state index in [9.17, 15) is 9.59 Å². The molecule has 2 aromatic carbocycles. The van der Waals surface area contributed by atoms with Crippen LogP contribution in [0, 0.1) is 11.3 Å². The lowest BCUT2D eigenvalue weighted by Gasteiger charge is -2.21. The summed E-state index contributed by atoms with van der Waals surface area (Å²) in [5.41, 5.74) is 1.47. The fourth-order valence-electron chi connectivity index (χ4n) is 2.73. The molecule has 0 fully saturated rings. The summed E-state index contributed by atoms with van der Waals surface area (Å²) in [6, 6.07) is 16.6. The van der Waals surface area contributed by atoms with E-state index >= 15 is 0 Å². The number of carbonyl (C=O) groups is 2. The summed E-state index contributed by atoms with van der Waals surface area (Å²) in [4.78, 5) is 30.5. The number of amides is 1. The zero-order valence-electron chi connectivity index (χ0n) is 15.5. The summed E-state index contributed by atoms with van der Waals surface area (Å²) in [7, 11) is 0. The molecule has 0 spiro atoms. The summed E-state index contributed by atoms with van der Waals surface area (Å²) in [5.74, 6) is -0.875. The van der Waals surface area contributed by atoms with Crippen molar-refractivity contribution in [3.63, 3.8) is 0 Å². The Morgan fingerprint density at radius 2 is 2.03 bits per heavy atom. The van der Waals surface area contributed by atoms with Crippen LogP contribution >= 0.6 is 22.9 Å². The number of esters is 1. The molecular formula is C21H18ClN3O3S. The van der Waals surface area contributed by atoms with Crippen molar-refractivity contribution < 1.29 is 14.3 Å². The second-order valence-electron chi connectivity index (χ2n) is 6.17. The van der Waals surface area contributed by atoms with Crippen molar-refractivity contribution in [2.45, 2.75) is 19.3 Å². The number of aryl methyl sites for hydroxylation is 1. The minimum atomic E-state index is -0.469. The topological polar surface area (TPSA) is 83.3 Å². The van der Waals surface area contributed by atoms with E-state index in [-0.39, 0.29) is 19.4 Å². The van der Waals surface area contributed by atoms with Gasteiger partial charge >= 0.3 is 5.97 Å². The average Bonchev–Trinajstić information content (AvgIpc) is 3.14. The predicted molar refractivity (Wildman–Crippen MR) is 113 cm³/mol. The van der Waals surface area contributed by atoms with E-state index in [1.54, 1.807) is 24.3 Å². The van der Waals surface area contributed by atoms with Crippen LogP contribution in [-0.4, -0.2) is 30.0 Å². The fourth-order valence-corrected chi connectivity index (χ4v) is 3.88. The molecule has 0 bridgehead atoms. The number of hydrogen-bond acceptors (Lipinski definition) is 6. The Hall–Kier alpha value is -2.95. The van der Waals surface area contributed by atoms with Gasteiger partial charge < -0.3 is 9.64 Å². The van der Waals surface area contributed by atoms with Crippen molar-refractivity contribution in [1.82, 2.24) is 4.98 Å². The highest BCUT2D eigenvalue weighted by Crippen LogP contribution is 2.23. The molecule has 1 amide bonds. The van der Waals surface area contributed by atoms with Crippen LogP contribution in [0.3, 0.4) is 0 Å². The van der Waals surface area contributed by atoms with Gasteiger partial charge in [0.1, 0.15) is 0 Å². The monoisotopic (exact) mass is 427 g/mol. The molecule has 0 atom stereocenters. The smallest absolute Gasteiger partial charge is 0.306 e. The number of rotatable bonds is 8. The summed E-state index contributed by atoms with van der Waals surface area (Å²) >= 11 is 7.53. The third-order valence-electron chi connectivity index (χ3n) is 4.11. The molecule has 0 saturated carbocycles. The van der Waals surface area contributed by atoms with Crippen LogP contribution in [0.4, 0.5) is 5.69 Å². The van der Waals surface area contributed by atoms with Gasteiger partial charge in [-0.2, -0.15) is 5.26 Å². The molecule has 0 aliphatic rings. The average molecular weight is 428 g/mol. The lowest BCUT2D eigenvalue weighted by molar-refractivity contribution is -0.147. The van der Waals surface area contributed by atoms with E-state index in [4.69, 9.17) is 21.6 Å². The highest BCUT2D eigenvalue weighted by molar-refractivity contribution is 7.18. The first-order chi connectivity index (χ1) is 14.1. The Morgan fingerprint density at radius 3 is 2.79 bits per heavy atom. The first-order valence-corrected chi connectivity index (χ1v) is 10.2. The molecule has 6 nitrogen and oxygen atoms in total. The van der Waals surface area contributed by atoms with Crippen molar-refractivity contribution in [1.29, 1.82) is 5.26 Å². The van der Waals surface area contributed by atoms with Gasteiger partial charge in [0.25, 0.3) is 5.91 Å². The maximum atomic E-state index is 12.5. The lowest BCUT2D eigenvalue weighted by Crippen LogP contribution is -2.35. The molecule has 3 aromatic rings. The van der Waals surface area contributed by atoms with Crippen LogP contribution in [0.1, 0.15) is 17.8 Å². The number of para-hydroxylation sites is 1. The molecule has 0 aliphatic heterocycles. The van der Waals surface area contributed by atoms with E-state index in [0.717, 1.165) is 15.2 Å². The van der Waals surface area contributed by atoms with E-state index in [1.807, 2.05) is 30.3 Å². The second-order valence-corrected chi connectivity index (χ2v) is 7.72. The number of nitriles is 1. The maximum absolute atomic E-state index is 12.5. The van der Waals surface area contributed by atoms with E-state index < -0.39 is 18.5 Å². The van der Waals surface area contributed by atoms with Crippen LogP contribution < -0.4 is 4.90 Å². The Kier molecular flexibility index (Phi) is 7.17. The number of ether oxygens (including phenoxy) is 1. The standard InChI is InChI=1S/C21H18ClN3O3S/c22-15-5-3-6-16(13-15)25(12-4-11-23)20(26)14-28-21(27)10-9-19-24-17-7-1-2-8-18(17)29-19/h1-3,5-8,13H,4,9-10,12,14H2. The lowest BCUT2D eigenvalue weighted by atomic mass is 10.2. The molecular weight excluding hydrogens is 410 g/mol. The minimum absolute atomic E-state index is 0.141. The molecule has 0 radical (unpaired) electrons. The molecule has 1 aromatic heterocycles. The van der Waals surface area contributed by atoms with Crippen LogP contribution in [0.2, 0.25) is 5.02 Å². The van der Waals surface area contributed by atoms with Crippen molar-refractivity contribution in [3.8, 4) is 6.07 Å². The molecule has 29 heavy (non-hydrogen) atoms. The quantitative estimate of drug-likeness (QED) is 0.498. The van der Waals surface area contributed by atoms with Crippen molar-refractivity contribution in [2.24, 2.45) is 0 Å². The summed E-state index contributed by atoms with van der Waals surface area (Å²) in [6.45, 7) is -0.199. The van der Waals surface area contributed by atoms with Crippen LogP contribution in [0.25, 0.3) is 10.2 Å². The predicted octanol–water partition coefficient (Wildman–Crippen LogP) is 4.37. The zero-order chi connectivity index (χ0) is 20.6. The first kappa shape index (κ1) is 20.8. The summed E-state index contributed by atoms with van der Waals surface area (Å²) in [6.07, 6.45) is 0.755. The Bertz CT molecular complexity index is 1030. The largest absolute Gasteiger partial charge is 0.456 e. The van der Waals surface area contributed by atoms with Gasteiger partial charge in [0.05, 0.1) is 34.1 Å². The van der Waals surface area contributed by atoms with Gasteiger partial charge in [0.15, 0.2) is 6.61 Å². The number of aromatic nitrogens is 1. The molecule has 0 unspecified atom stereocenters. The van der Waals surface area contributed by atoms with Crippen molar-refractivity contribution in [2.75, 3.05) is 18.1 Å². The third kappa shape index (κ3) is 5.76. The highest BCUT2D eigenvalue weighted by Gasteiger charge is 2.18. The molecule has 0 aliphatic carbocycles. The zero-order valence-corrected chi connectivity index (χ0v) is 17.1. The Balaban J connectivity index is 1.54. The number of fused-ring (bicyclic) bond motifs is 1. The minimum Gasteiger partial charge on any atom is -0.456 e. The van der Waals surface area contributed by atoms with Gasteiger partial charge in [0.2, 0.25) is 0 Å². The van der Waals surface area contributed by atoms with E-state index in [0.29, 0.717) is 17.1 Å². The molecule has 1 heterocycles. The van der Waals surface area contributed by atoms with Crippen molar-refractivity contribution in [3.05, 3.63) is 58.6 Å². The van der Waals surface area contributed by atoms with Gasteiger partial charge in [-0.25, -0.2) is 4.98 Å². The van der Waals surface area contributed by atoms with E-state index in [2.05, 4.69) is 4.98 Å². The molecule has 8 heteroatoms. The summed E-state index contributed by atoms with van der Waals surface area (Å²) < 4.78 is 6.21. The number of thiazole rings is 1. The number of halogens is 1. The van der Waals surface area contributed by atoms with Gasteiger partial charge in [-0.15, -0.1) is 11.3 Å². The summed E-state index contributed by atoms with van der Waals surface area (Å²) in [5, 5.41) is 10.2. The first-order valence-electron chi connectivity index (χ1n) is 9.00. The van der Waals surface area contributed by atoms with Gasteiger partial charge in [-0.05, 0) is 30.3 Å². The molecule has 148 valence electrons. The SMILES string of the molecule is N#CCCN(C(=O)COC(=O)CCc1nc2ccccc2s1)c1cccc(Cl)c1. The number of nitrogens with zero attached hydrogens (tertiary/aromatic N) is 3. The third-order valence-corrected chi connectivity index (χ3v) is 5.44. The van der Waals surface area contributed by atoms with Gasteiger partial charge in [0, 0.05) is 23.7 Å². The molecule has 0 N–H and O–H groups in total. The van der Waals surface area contributed by atoms with E-state index in [1.165, 1.54) is 16.2 Å². The Labute approximate surface area is 177 Å². The van der Waals surface area contributed by atoms with Gasteiger partial charge in [-0.1, -0.05) is 29.8 Å². The highest BCUT2D eigenvalue weighted by atomic mass is 35.5. The number of benzene rings is 2. The van der Waals surface area contributed by atoms with Crippen molar-refractivity contribution >= 4 is 50.7 Å². The molecule has 0 saturated heterocycles. The van der Waals surface area contributed by atoms with Crippen LogP contribution in [-0.2, 0) is 20.7 Å². The second kappa shape index (κ2) is 10.0. The fraction of sp³-hybridized carbons (Fsp3) is 0.238. The molecule has 3 rings (SSSR count). The number of carbonyl (C=O) groups excluding carboxylic acids is 2. The maximum Gasteiger partial charge on any atom is 0.306 e. The van der Waals surface area contributed by atoms with Crippen LogP contribution in [0.15, 0.2) is 48.5 Å². The number of anilines is 1. The Morgan fingerprint density at radius 1 is 1.21 bits per heavy atom.